The fourth-order valence-corrected chi connectivity index (χ4v) is 4.35. The third-order valence-electron chi connectivity index (χ3n) is 6.02. The van der Waals surface area contributed by atoms with Crippen LogP contribution in [-0.4, -0.2) is 77.5 Å². The highest BCUT2D eigenvalue weighted by Crippen LogP contribution is 2.33. The predicted octanol–water partition coefficient (Wildman–Crippen LogP) is 3.52. The molecule has 1 aliphatic rings. The Labute approximate surface area is 234 Å². The molecule has 212 valence electrons. The molecule has 14 heteroatoms. The highest BCUT2D eigenvalue weighted by atomic mass is 35.5. The Bertz CT molecular complexity index is 1340. The van der Waals surface area contributed by atoms with Crippen LogP contribution in [0, 0.1) is 0 Å². The molecule has 1 aromatic carbocycles. The molecular weight excluding hydrogens is 549 g/mol. The molecule has 0 spiro atoms. The minimum atomic E-state index is -4.52. The molecule has 1 fully saturated rings. The summed E-state index contributed by atoms with van der Waals surface area (Å²) in [5.74, 6) is 1.11. The number of carbonyl (C=O) groups is 2. The lowest BCUT2D eigenvalue weighted by molar-refractivity contribution is -0.137. The first-order valence-electron chi connectivity index (χ1n) is 12.5. The van der Waals surface area contributed by atoms with Crippen LogP contribution in [0.15, 0.2) is 48.7 Å². The van der Waals surface area contributed by atoms with E-state index in [1.165, 1.54) is 6.92 Å². The second-order valence-electron chi connectivity index (χ2n) is 9.08. The maximum absolute atomic E-state index is 12.9. The van der Waals surface area contributed by atoms with Crippen LogP contribution in [0.25, 0.3) is 11.4 Å². The van der Waals surface area contributed by atoms with Crippen molar-refractivity contribution in [2.24, 2.45) is 0 Å². The number of carbonyl (C=O) groups excluding carboxylic acids is 2. The van der Waals surface area contributed by atoms with Gasteiger partial charge in [-0.15, -0.1) is 0 Å². The lowest BCUT2D eigenvalue weighted by Gasteiger charge is -2.35. The molecule has 2 amide bonds. The summed E-state index contributed by atoms with van der Waals surface area (Å²) >= 11 is 6.09. The van der Waals surface area contributed by atoms with Crippen molar-refractivity contribution in [3.05, 3.63) is 59.2 Å². The van der Waals surface area contributed by atoms with Gasteiger partial charge in [0.05, 0.1) is 17.1 Å². The van der Waals surface area contributed by atoms with Gasteiger partial charge in [0.25, 0.3) is 0 Å². The Kier molecular flexibility index (Phi) is 9.38. The number of amides is 2. The van der Waals surface area contributed by atoms with E-state index in [9.17, 15) is 22.8 Å². The summed E-state index contributed by atoms with van der Waals surface area (Å²) in [6, 6.07) is 11.8. The van der Waals surface area contributed by atoms with E-state index >= 15 is 0 Å². The Morgan fingerprint density at radius 2 is 1.70 bits per heavy atom. The van der Waals surface area contributed by atoms with Crippen LogP contribution in [-0.2, 0) is 15.8 Å². The molecule has 40 heavy (non-hydrogen) atoms. The predicted molar refractivity (Wildman–Crippen MR) is 146 cm³/mol. The number of anilines is 3. The summed E-state index contributed by atoms with van der Waals surface area (Å²) in [6.07, 6.45) is -3.74. The van der Waals surface area contributed by atoms with Gasteiger partial charge in [0.15, 0.2) is 5.82 Å². The smallest absolute Gasteiger partial charge is 0.368 e. The number of hydrogen-bond acceptors (Lipinski definition) is 8. The first kappa shape index (κ1) is 29.0. The highest BCUT2D eigenvalue weighted by Gasteiger charge is 2.32. The molecule has 3 aromatic rings. The van der Waals surface area contributed by atoms with Crippen molar-refractivity contribution in [3.8, 4) is 11.4 Å². The number of aromatic nitrogens is 3. The number of rotatable bonds is 9. The number of nitrogens with one attached hydrogen (secondary N) is 3. The largest absolute Gasteiger partial charge is 0.417 e. The van der Waals surface area contributed by atoms with E-state index < -0.39 is 11.7 Å². The van der Waals surface area contributed by atoms with Crippen LogP contribution in [0.2, 0.25) is 5.02 Å². The number of hydrogen-bond donors (Lipinski definition) is 3. The molecule has 0 aliphatic carbocycles. The third-order valence-corrected chi connectivity index (χ3v) is 6.30. The quantitative estimate of drug-likeness (QED) is 0.332. The molecule has 3 N–H and O–H groups in total. The Morgan fingerprint density at radius 3 is 2.35 bits per heavy atom. The Balaban J connectivity index is 1.36. The van der Waals surface area contributed by atoms with E-state index in [0.717, 1.165) is 17.8 Å². The molecule has 3 heterocycles. The summed E-state index contributed by atoms with van der Waals surface area (Å²) in [5, 5.41) is 8.59. The van der Waals surface area contributed by atoms with Gasteiger partial charge < -0.3 is 20.9 Å². The summed E-state index contributed by atoms with van der Waals surface area (Å²) in [7, 11) is 0. The van der Waals surface area contributed by atoms with Crippen molar-refractivity contribution in [1.29, 1.82) is 0 Å². The van der Waals surface area contributed by atoms with Gasteiger partial charge in [-0.3, -0.25) is 14.5 Å². The van der Waals surface area contributed by atoms with Gasteiger partial charge >= 0.3 is 6.18 Å². The van der Waals surface area contributed by atoms with E-state index in [0.29, 0.717) is 56.7 Å². The molecule has 10 nitrogen and oxygen atoms in total. The monoisotopic (exact) mass is 576 g/mol. The van der Waals surface area contributed by atoms with E-state index in [-0.39, 0.29) is 29.2 Å². The number of piperazine rings is 1. The topological polar surface area (TPSA) is 115 Å². The van der Waals surface area contributed by atoms with Gasteiger partial charge in [-0.05, 0) is 6.07 Å². The fourth-order valence-electron chi connectivity index (χ4n) is 4.07. The van der Waals surface area contributed by atoms with Gasteiger partial charge in [0.2, 0.25) is 11.8 Å². The molecule has 4 rings (SSSR count). The van der Waals surface area contributed by atoms with Gasteiger partial charge in [0.1, 0.15) is 17.5 Å². The second kappa shape index (κ2) is 12.9. The van der Waals surface area contributed by atoms with Crippen LogP contribution >= 0.6 is 11.6 Å². The van der Waals surface area contributed by atoms with Gasteiger partial charge in [-0.1, -0.05) is 41.9 Å². The standard InChI is InChI=1S/C26H28ClF3N8O2/c1-17(39)31-7-8-32-21-14-22(36-24(35-21)18-5-3-2-4-6-18)34-23(40)16-37-9-11-38(12-10-37)25-20(27)13-19(15-33-25)26(28,29)30/h2-6,13-15H,7-12,16H2,1H3,(H,31,39)(H2,32,34,35,36,40). The molecule has 1 aliphatic heterocycles. The van der Waals surface area contributed by atoms with E-state index in [1.807, 2.05) is 35.2 Å². The third kappa shape index (κ3) is 8.02. The van der Waals surface area contributed by atoms with Crippen LogP contribution in [0.1, 0.15) is 12.5 Å². The molecule has 0 unspecified atom stereocenters. The van der Waals surface area contributed by atoms with Crippen molar-refractivity contribution >= 4 is 40.9 Å². The van der Waals surface area contributed by atoms with Crippen LogP contribution in [0.3, 0.4) is 0 Å². The average Bonchev–Trinajstić information content (AvgIpc) is 2.91. The maximum Gasteiger partial charge on any atom is 0.417 e. The summed E-state index contributed by atoms with van der Waals surface area (Å²) in [4.78, 5) is 40.7. The highest BCUT2D eigenvalue weighted by molar-refractivity contribution is 6.33. The number of benzene rings is 1. The Morgan fingerprint density at radius 1 is 1.00 bits per heavy atom. The van der Waals surface area contributed by atoms with Gasteiger partial charge in [0, 0.05) is 64.0 Å². The summed E-state index contributed by atoms with van der Waals surface area (Å²) in [6.45, 7) is 4.23. The fraction of sp³-hybridized carbons (Fsp3) is 0.346. The van der Waals surface area contributed by atoms with Crippen LogP contribution < -0.4 is 20.9 Å². The normalized spacial score (nSPS) is 14.1. The van der Waals surface area contributed by atoms with Crippen molar-refractivity contribution in [1.82, 2.24) is 25.2 Å². The first-order valence-corrected chi connectivity index (χ1v) is 12.9. The van der Waals surface area contributed by atoms with Crippen molar-refractivity contribution in [3.63, 3.8) is 0 Å². The van der Waals surface area contributed by atoms with Gasteiger partial charge in [-0.2, -0.15) is 13.2 Å². The first-order chi connectivity index (χ1) is 19.1. The molecule has 0 bridgehead atoms. The second-order valence-corrected chi connectivity index (χ2v) is 9.48. The SMILES string of the molecule is CC(=O)NCCNc1cc(NC(=O)CN2CCN(c3ncc(C(F)(F)F)cc3Cl)CC2)nc(-c2ccccc2)n1. The van der Waals surface area contributed by atoms with E-state index in [1.54, 1.807) is 11.0 Å². The molecule has 0 radical (unpaired) electrons. The van der Waals surface area contributed by atoms with Gasteiger partial charge in [-0.25, -0.2) is 15.0 Å². The average molecular weight is 577 g/mol. The Hall–Kier alpha value is -3.97. The maximum atomic E-state index is 12.9. The number of pyridine rings is 1. The minimum absolute atomic E-state index is 0.0690. The number of alkyl halides is 3. The zero-order valence-corrected chi connectivity index (χ0v) is 22.4. The molecule has 2 aromatic heterocycles. The van der Waals surface area contributed by atoms with Crippen molar-refractivity contribution < 1.29 is 22.8 Å². The lowest BCUT2D eigenvalue weighted by atomic mass is 10.2. The molecule has 0 saturated carbocycles. The molecule has 0 atom stereocenters. The lowest BCUT2D eigenvalue weighted by Crippen LogP contribution is -2.49. The summed E-state index contributed by atoms with van der Waals surface area (Å²) < 4.78 is 38.7. The number of halogens is 4. The van der Waals surface area contributed by atoms with Crippen molar-refractivity contribution in [2.75, 3.05) is 61.3 Å². The minimum Gasteiger partial charge on any atom is -0.368 e. The van der Waals surface area contributed by atoms with Crippen LogP contribution in [0.4, 0.5) is 30.6 Å². The molecule has 1 saturated heterocycles. The van der Waals surface area contributed by atoms with Crippen molar-refractivity contribution in [2.45, 2.75) is 13.1 Å². The van der Waals surface area contributed by atoms with E-state index in [2.05, 4.69) is 30.9 Å². The summed E-state index contributed by atoms with van der Waals surface area (Å²) in [5.41, 5.74) is -0.127. The zero-order chi connectivity index (χ0) is 28.7. The molecular formula is C26H28ClF3N8O2. The number of nitrogens with zero attached hydrogens (tertiary/aromatic N) is 5. The van der Waals surface area contributed by atoms with E-state index in [4.69, 9.17) is 11.6 Å². The zero-order valence-electron chi connectivity index (χ0n) is 21.6. The van der Waals surface area contributed by atoms with Crippen LogP contribution in [0.5, 0.6) is 0 Å².